The van der Waals surface area contributed by atoms with Crippen LogP contribution in [0.4, 0.5) is 4.79 Å². The maximum absolute atomic E-state index is 11.6. The Labute approximate surface area is 172 Å². The molecular weight excluding hydrogens is 402 g/mol. The maximum Gasteiger partial charge on any atom is 0.300 e. The molecule has 1 unspecified atom stereocenters. The molecule has 1 fully saturated rings. The van der Waals surface area contributed by atoms with E-state index in [0.717, 1.165) is 47.0 Å². The number of imide groups is 1. The summed E-state index contributed by atoms with van der Waals surface area (Å²) in [7, 11) is 0. The van der Waals surface area contributed by atoms with Crippen LogP contribution < -0.4 is 10.1 Å². The van der Waals surface area contributed by atoms with Gasteiger partial charge in [0.2, 0.25) is 5.91 Å². The minimum Gasteiger partial charge on any atom is -0.493 e. The fraction of sp³-hybridized carbons (Fsp3) is 0.250. The molecule has 0 bridgehead atoms. The van der Waals surface area contributed by atoms with Crippen molar-refractivity contribution in [2.45, 2.75) is 25.0 Å². The Bertz CT molecular complexity index is 837. The van der Waals surface area contributed by atoms with Crippen LogP contribution in [0.25, 0.3) is 0 Å². The van der Waals surface area contributed by atoms with E-state index < -0.39 is 5.97 Å². The van der Waals surface area contributed by atoms with E-state index in [4.69, 9.17) is 26.2 Å². The summed E-state index contributed by atoms with van der Waals surface area (Å²) in [5, 5.41) is 9.84. The Morgan fingerprint density at radius 3 is 2.39 bits per heavy atom. The highest BCUT2D eigenvalue weighted by Crippen LogP contribution is 2.24. The molecule has 1 atom stereocenters. The molecule has 6 nitrogen and oxygen atoms in total. The number of halogens is 1. The average molecular weight is 422 g/mol. The number of hydrogen-bond acceptors (Lipinski definition) is 5. The first kappa shape index (κ1) is 21.8. The average Bonchev–Trinajstić information content (AvgIpc) is 2.95. The van der Waals surface area contributed by atoms with E-state index in [1.165, 1.54) is 0 Å². The van der Waals surface area contributed by atoms with E-state index in [1.807, 2.05) is 48.5 Å². The molecule has 28 heavy (non-hydrogen) atoms. The first-order chi connectivity index (χ1) is 13.3. The lowest BCUT2D eigenvalue weighted by Gasteiger charge is -2.09. The van der Waals surface area contributed by atoms with Gasteiger partial charge in [0.15, 0.2) is 0 Å². The molecular formula is C20H20ClNO5S. The second-order valence-corrected chi connectivity index (χ2v) is 7.52. The van der Waals surface area contributed by atoms with Crippen LogP contribution in [0.5, 0.6) is 5.75 Å². The SMILES string of the molecule is CC(=O)O.O=C1NC(=O)C(Cc2ccc(OCCc3ccccc3Cl)cc2)S1. The van der Waals surface area contributed by atoms with Crippen LogP contribution in [-0.2, 0) is 22.4 Å². The molecule has 0 aliphatic carbocycles. The molecule has 0 saturated carbocycles. The summed E-state index contributed by atoms with van der Waals surface area (Å²) in [6.07, 6.45) is 1.27. The van der Waals surface area contributed by atoms with Crippen molar-refractivity contribution in [3.05, 3.63) is 64.7 Å². The van der Waals surface area contributed by atoms with Crippen LogP contribution in [-0.4, -0.2) is 34.1 Å². The molecule has 2 N–H and O–H groups in total. The van der Waals surface area contributed by atoms with Crippen LogP contribution in [0.15, 0.2) is 48.5 Å². The first-order valence-electron chi connectivity index (χ1n) is 8.51. The molecule has 0 spiro atoms. The summed E-state index contributed by atoms with van der Waals surface area (Å²) in [4.78, 5) is 31.7. The number of ether oxygens (including phenoxy) is 1. The normalized spacial score (nSPS) is 15.4. The standard InChI is InChI=1S/C18H16ClNO3S.C2H4O2/c19-15-4-2-1-3-13(15)9-10-23-14-7-5-12(6-8-14)11-16-17(21)20-18(22)24-16;1-2(3)4/h1-8,16H,9-11H2,(H,20,21,22);1H3,(H,3,4). The number of carbonyl (C=O) groups excluding carboxylic acids is 2. The van der Waals surface area contributed by atoms with Gasteiger partial charge in [0.1, 0.15) is 5.75 Å². The molecule has 0 radical (unpaired) electrons. The minimum absolute atomic E-state index is 0.218. The molecule has 0 aromatic heterocycles. The largest absolute Gasteiger partial charge is 0.493 e. The zero-order valence-electron chi connectivity index (χ0n) is 15.2. The monoisotopic (exact) mass is 421 g/mol. The van der Waals surface area contributed by atoms with Gasteiger partial charge in [-0.1, -0.05) is 53.7 Å². The zero-order chi connectivity index (χ0) is 20.5. The van der Waals surface area contributed by atoms with Crippen molar-refractivity contribution in [3.63, 3.8) is 0 Å². The minimum atomic E-state index is -0.833. The van der Waals surface area contributed by atoms with Gasteiger partial charge in [0, 0.05) is 18.4 Å². The number of hydrogen-bond donors (Lipinski definition) is 2. The van der Waals surface area contributed by atoms with Gasteiger partial charge in [0.25, 0.3) is 11.2 Å². The smallest absolute Gasteiger partial charge is 0.300 e. The van der Waals surface area contributed by atoms with Gasteiger partial charge < -0.3 is 9.84 Å². The quantitative estimate of drug-likeness (QED) is 0.733. The van der Waals surface area contributed by atoms with Crippen molar-refractivity contribution in [2.24, 2.45) is 0 Å². The Morgan fingerprint density at radius 2 is 1.82 bits per heavy atom. The highest BCUT2D eigenvalue weighted by molar-refractivity contribution is 8.15. The van der Waals surface area contributed by atoms with Crippen molar-refractivity contribution in [1.29, 1.82) is 0 Å². The van der Waals surface area contributed by atoms with Crippen molar-refractivity contribution in [1.82, 2.24) is 5.32 Å². The van der Waals surface area contributed by atoms with Gasteiger partial charge in [-0.3, -0.25) is 19.7 Å². The summed E-state index contributed by atoms with van der Waals surface area (Å²) in [6, 6.07) is 15.3. The van der Waals surface area contributed by atoms with Gasteiger partial charge in [-0.25, -0.2) is 0 Å². The molecule has 1 aliphatic rings. The van der Waals surface area contributed by atoms with E-state index in [0.29, 0.717) is 13.0 Å². The Kier molecular flexibility index (Phi) is 8.35. The number of carboxylic acids is 1. The van der Waals surface area contributed by atoms with Gasteiger partial charge in [0.05, 0.1) is 11.9 Å². The summed E-state index contributed by atoms with van der Waals surface area (Å²) < 4.78 is 5.73. The molecule has 1 aliphatic heterocycles. The second kappa shape index (κ2) is 10.7. The molecule has 3 rings (SSSR count). The summed E-state index contributed by atoms with van der Waals surface area (Å²) in [5.74, 6) is -0.282. The first-order valence-corrected chi connectivity index (χ1v) is 9.77. The number of aliphatic carboxylic acids is 1. The lowest BCUT2D eigenvalue weighted by atomic mass is 10.1. The van der Waals surface area contributed by atoms with Crippen LogP contribution in [0.3, 0.4) is 0 Å². The number of nitrogens with one attached hydrogen (secondary N) is 1. The lowest BCUT2D eigenvalue weighted by Crippen LogP contribution is -2.25. The maximum atomic E-state index is 11.6. The number of carbonyl (C=O) groups is 3. The van der Waals surface area contributed by atoms with Gasteiger partial charge in [-0.2, -0.15) is 0 Å². The van der Waals surface area contributed by atoms with E-state index in [1.54, 1.807) is 0 Å². The molecule has 1 saturated heterocycles. The summed E-state index contributed by atoms with van der Waals surface area (Å²) >= 11 is 7.16. The third-order valence-corrected chi connectivity index (χ3v) is 5.06. The van der Waals surface area contributed by atoms with Crippen molar-refractivity contribution in [2.75, 3.05) is 6.61 Å². The number of benzene rings is 2. The van der Waals surface area contributed by atoms with Crippen LogP contribution in [0.1, 0.15) is 18.1 Å². The van der Waals surface area contributed by atoms with E-state index in [2.05, 4.69) is 5.32 Å². The topological polar surface area (TPSA) is 92.7 Å². The molecule has 1 heterocycles. The number of rotatable bonds is 6. The Hall–Kier alpha value is -2.51. The van der Waals surface area contributed by atoms with Crippen LogP contribution in [0, 0.1) is 0 Å². The molecule has 2 aromatic carbocycles. The van der Waals surface area contributed by atoms with E-state index in [9.17, 15) is 9.59 Å². The number of thioether (sulfide) groups is 1. The lowest BCUT2D eigenvalue weighted by molar-refractivity contribution is -0.134. The molecule has 148 valence electrons. The molecule has 2 amide bonds. The Morgan fingerprint density at radius 1 is 1.18 bits per heavy atom. The molecule has 2 aromatic rings. The predicted molar refractivity (Wildman–Crippen MR) is 109 cm³/mol. The van der Waals surface area contributed by atoms with Gasteiger partial charge in [-0.15, -0.1) is 0 Å². The number of amides is 2. The predicted octanol–water partition coefficient (Wildman–Crippen LogP) is 3.95. The van der Waals surface area contributed by atoms with Crippen LogP contribution in [0.2, 0.25) is 5.02 Å². The second-order valence-electron chi connectivity index (χ2n) is 5.94. The van der Waals surface area contributed by atoms with Crippen molar-refractivity contribution in [3.8, 4) is 5.75 Å². The van der Waals surface area contributed by atoms with E-state index >= 15 is 0 Å². The fourth-order valence-electron chi connectivity index (χ4n) is 2.44. The third-order valence-electron chi connectivity index (χ3n) is 3.71. The Balaban J connectivity index is 0.000000640. The molecule has 8 heteroatoms. The van der Waals surface area contributed by atoms with E-state index in [-0.39, 0.29) is 16.4 Å². The van der Waals surface area contributed by atoms with Gasteiger partial charge >= 0.3 is 0 Å². The highest BCUT2D eigenvalue weighted by Gasteiger charge is 2.31. The van der Waals surface area contributed by atoms with Crippen molar-refractivity contribution < 1.29 is 24.2 Å². The van der Waals surface area contributed by atoms with Gasteiger partial charge in [-0.05, 0) is 35.7 Å². The van der Waals surface area contributed by atoms with Crippen LogP contribution >= 0.6 is 23.4 Å². The third kappa shape index (κ3) is 7.25. The zero-order valence-corrected chi connectivity index (χ0v) is 16.8. The van der Waals surface area contributed by atoms with Crippen molar-refractivity contribution >= 4 is 40.5 Å². The number of carboxylic acid groups (broad SMARTS) is 1. The summed E-state index contributed by atoms with van der Waals surface area (Å²) in [6.45, 7) is 1.62. The highest BCUT2D eigenvalue weighted by atomic mass is 35.5. The summed E-state index contributed by atoms with van der Waals surface area (Å²) in [5.41, 5.74) is 2.06. The fourth-order valence-corrected chi connectivity index (χ4v) is 3.53.